The van der Waals surface area contributed by atoms with Gasteiger partial charge in [0.05, 0.1) is 23.8 Å². The lowest BCUT2D eigenvalue weighted by Crippen LogP contribution is -2.45. The van der Waals surface area contributed by atoms with Crippen molar-refractivity contribution in [3.05, 3.63) is 60.2 Å². The van der Waals surface area contributed by atoms with E-state index in [2.05, 4.69) is 12.1 Å². The molecule has 2 aromatic rings. The summed E-state index contributed by atoms with van der Waals surface area (Å²) >= 11 is 0. The first-order valence-electron chi connectivity index (χ1n) is 10.4. The number of hydroxylamine groups is 1. The maximum Gasteiger partial charge on any atom is 0.262 e. The third kappa shape index (κ3) is 5.84. The molecule has 0 radical (unpaired) electrons. The Kier molecular flexibility index (Phi) is 8.20. The Labute approximate surface area is 187 Å². The number of unbranched alkanes of at least 4 members (excludes halogenated alkanes) is 1. The molecule has 1 saturated heterocycles. The number of ether oxygens (including phenoxy) is 1. The van der Waals surface area contributed by atoms with Gasteiger partial charge in [-0.1, -0.05) is 48.8 Å². The first-order chi connectivity index (χ1) is 15.5. The third-order valence-corrected chi connectivity index (χ3v) is 6.86. The van der Waals surface area contributed by atoms with Gasteiger partial charge in [-0.3, -0.25) is 10.0 Å². The average molecular weight is 462 g/mol. The molecule has 1 atom stereocenters. The second-order valence-electron chi connectivity index (χ2n) is 7.34. The Morgan fingerprint density at radius 1 is 1.19 bits per heavy atom. The van der Waals surface area contributed by atoms with Crippen LogP contribution in [0.25, 0.3) is 0 Å². The molecule has 1 heterocycles. The van der Waals surface area contributed by atoms with E-state index in [0.717, 1.165) is 22.7 Å². The van der Waals surface area contributed by atoms with Gasteiger partial charge in [0.15, 0.2) is 0 Å². The van der Waals surface area contributed by atoms with Gasteiger partial charge in [-0.05, 0) is 36.2 Å². The van der Waals surface area contributed by atoms with Gasteiger partial charge in [-0.25, -0.2) is 13.9 Å². The fourth-order valence-corrected chi connectivity index (χ4v) is 4.82. The van der Waals surface area contributed by atoms with Crippen LogP contribution in [0.3, 0.4) is 0 Å². The first kappa shape index (κ1) is 23.7. The summed E-state index contributed by atoms with van der Waals surface area (Å²) in [5.41, 5.74) is 2.83. The number of sulfonamides is 1. The molecule has 0 aromatic heterocycles. The minimum Gasteiger partial charge on any atom is -0.494 e. The average Bonchev–Trinajstić information content (AvgIpc) is 3.25. The number of benzene rings is 2. The van der Waals surface area contributed by atoms with E-state index in [4.69, 9.17) is 14.8 Å². The molecule has 9 nitrogen and oxygen atoms in total. The van der Waals surface area contributed by atoms with Crippen molar-refractivity contribution >= 4 is 21.6 Å². The zero-order chi connectivity index (χ0) is 23.0. The number of rotatable bonds is 10. The van der Waals surface area contributed by atoms with E-state index in [1.165, 1.54) is 17.6 Å². The van der Waals surface area contributed by atoms with Crippen molar-refractivity contribution in [3.8, 4) is 5.75 Å². The Morgan fingerprint density at radius 2 is 1.91 bits per heavy atom. The Hall–Kier alpha value is -2.95. The van der Waals surface area contributed by atoms with E-state index < -0.39 is 22.0 Å². The molecule has 10 heteroatoms. The van der Waals surface area contributed by atoms with Gasteiger partial charge in [0.2, 0.25) is 10.0 Å². The maximum atomic E-state index is 13.2. The molecule has 3 rings (SSSR count). The van der Waals surface area contributed by atoms with E-state index in [1.807, 2.05) is 30.3 Å². The summed E-state index contributed by atoms with van der Waals surface area (Å²) in [4.78, 5) is 17.5. The normalized spacial score (nSPS) is 17.9. The molecule has 2 aromatic carbocycles. The number of amides is 1. The van der Waals surface area contributed by atoms with Crippen molar-refractivity contribution in [2.45, 2.75) is 43.7 Å². The minimum atomic E-state index is -4.03. The lowest BCUT2D eigenvalue weighted by Gasteiger charge is -2.21. The maximum absolute atomic E-state index is 13.2. The van der Waals surface area contributed by atoms with E-state index in [1.54, 1.807) is 12.1 Å². The molecular formula is C22H27N3O6S. The van der Waals surface area contributed by atoms with Gasteiger partial charge < -0.3 is 9.57 Å². The summed E-state index contributed by atoms with van der Waals surface area (Å²) in [5, 5.41) is 13.1. The van der Waals surface area contributed by atoms with Crippen LogP contribution < -0.4 is 10.2 Å². The molecule has 1 amide bonds. The number of hydrogen-bond acceptors (Lipinski definition) is 7. The highest BCUT2D eigenvalue weighted by Gasteiger charge is 2.42. The van der Waals surface area contributed by atoms with Crippen LogP contribution in [0.4, 0.5) is 0 Å². The highest BCUT2D eigenvalue weighted by atomic mass is 32.2. The van der Waals surface area contributed by atoms with Crippen LogP contribution >= 0.6 is 0 Å². The zero-order valence-electron chi connectivity index (χ0n) is 17.8. The molecule has 1 fully saturated rings. The summed E-state index contributed by atoms with van der Waals surface area (Å²) in [6, 6.07) is 14.3. The van der Waals surface area contributed by atoms with Crippen molar-refractivity contribution in [1.29, 1.82) is 0 Å². The van der Waals surface area contributed by atoms with Crippen LogP contribution in [0.5, 0.6) is 5.75 Å². The Bertz CT molecular complexity index is 1030. The SMILES string of the molecule is CCCCOc1ccc(S(=O)(=O)N2C/C(=N\OCc3ccccc3)C[C@@H]2C(=O)NO)cc1. The van der Waals surface area contributed by atoms with Crippen molar-refractivity contribution in [3.63, 3.8) is 0 Å². The number of hydrogen-bond donors (Lipinski definition) is 2. The van der Waals surface area contributed by atoms with Gasteiger partial charge in [0.1, 0.15) is 18.4 Å². The molecule has 2 N–H and O–H groups in total. The van der Waals surface area contributed by atoms with E-state index >= 15 is 0 Å². The molecule has 1 aliphatic heterocycles. The van der Waals surface area contributed by atoms with Crippen LogP contribution in [0, 0.1) is 0 Å². The van der Waals surface area contributed by atoms with Crippen LogP contribution in [0.1, 0.15) is 31.7 Å². The van der Waals surface area contributed by atoms with Gasteiger partial charge in [0.25, 0.3) is 5.91 Å². The smallest absolute Gasteiger partial charge is 0.262 e. The number of carbonyl (C=O) groups excluding carboxylic acids is 1. The second-order valence-corrected chi connectivity index (χ2v) is 9.23. The lowest BCUT2D eigenvalue weighted by molar-refractivity contribution is -0.132. The molecule has 32 heavy (non-hydrogen) atoms. The summed E-state index contributed by atoms with van der Waals surface area (Å²) < 4.78 is 33.0. The molecule has 0 bridgehead atoms. The van der Waals surface area contributed by atoms with Crippen molar-refractivity contribution in [2.75, 3.05) is 13.2 Å². The van der Waals surface area contributed by atoms with Crippen LogP contribution in [-0.4, -0.2) is 48.7 Å². The first-order valence-corrected chi connectivity index (χ1v) is 11.8. The predicted molar refractivity (Wildman–Crippen MR) is 118 cm³/mol. The number of carbonyl (C=O) groups is 1. The molecule has 0 spiro atoms. The molecule has 0 aliphatic carbocycles. The topological polar surface area (TPSA) is 118 Å². The highest BCUT2D eigenvalue weighted by Crippen LogP contribution is 2.27. The zero-order valence-corrected chi connectivity index (χ0v) is 18.6. The largest absolute Gasteiger partial charge is 0.494 e. The molecule has 1 aliphatic rings. The minimum absolute atomic E-state index is 0.0125. The van der Waals surface area contributed by atoms with Crippen molar-refractivity contribution in [1.82, 2.24) is 9.79 Å². The van der Waals surface area contributed by atoms with Gasteiger partial charge in [0, 0.05) is 6.42 Å². The number of nitrogens with one attached hydrogen (secondary N) is 1. The highest BCUT2D eigenvalue weighted by molar-refractivity contribution is 7.89. The molecular weight excluding hydrogens is 434 g/mol. The van der Waals surface area contributed by atoms with E-state index in [0.29, 0.717) is 18.1 Å². The quantitative estimate of drug-likeness (QED) is 0.319. The van der Waals surface area contributed by atoms with E-state index in [9.17, 15) is 13.2 Å². The monoisotopic (exact) mass is 461 g/mol. The van der Waals surface area contributed by atoms with Crippen molar-refractivity contribution < 1.29 is 28.0 Å². The van der Waals surface area contributed by atoms with Crippen LogP contribution in [-0.2, 0) is 26.3 Å². The van der Waals surface area contributed by atoms with E-state index in [-0.39, 0.29) is 24.5 Å². The van der Waals surface area contributed by atoms with Crippen LogP contribution in [0.15, 0.2) is 64.6 Å². The summed E-state index contributed by atoms with van der Waals surface area (Å²) in [6.07, 6.45) is 1.91. The van der Waals surface area contributed by atoms with Gasteiger partial charge in [-0.15, -0.1) is 0 Å². The van der Waals surface area contributed by atoms with Gasteiger partial charge in [-0.2, -0.15) is 4.31 Å². The molecule has 0 unspecified atom stereocenters. The summed E-state index contributed by atoms with van der Waals surface area (Å²) in [5.74, 6) is -0.263. The van der Waals surface area contributed by atoms with Gasteiger partial charge >= 0.3 is 0 Å². The fourth-order valence-electron chi connectivity index (χ4n) is 3.25. The fraction of sp³-hybridized carbons (Fsp3) is 0.364. The molecule has 172 valence electrons. The van der Waals surface area contributed by atoms with Crippen LogP contribution in [0.2, 0.25) is 0 Å². The Morgan fingerprint density at radius 3 is 2.56 bits per heavy atom. The standard InChI is InChI=1S/C22H27N3O6S/c1-2-3-13-30-19-9-11-20(12-10-19)32(28,29)25-15-18(14-21(25)22(26)23-27)24-31-16-17-7-5-4-6-8-17/h4-12,21,27H,2-3,13-16H2,1H3,(H,23,26)/b24-18-/t21-/m1/s1. The number of oxime groups is 1. The van der Waals surface area contributed by atoms with Crippen molar-refractivity contribution in [2.24, 2.45) is 5.16 Å². The predicted octanol–water partition coefficient (Wildman–Crippen LogP) is 2.71. The summed E-state index contributed by atoms with van der Waals surface area (Å²) in [6.45, 7) is 2.70. The second kappa shape index (κ2) is 11.1. The lowest BCUT2D eigenvalue weighted by atomic mass is 10.2. The molecule has 0 saturated carbocycles. The Balaban J connectivity index is 1.74. The summed E-state index contributed by atoms with van der Waals surface area (Å²) in [7, 11) is -4.03. The third-order valence-electron chi connectivity index (χ3n) is 4.99. The number of nitrogens with zero attached hydrogens (tertiary/aromatic N) is 2.